The van der Waals surface area contributed by atoms with E-state index in [-0.39, 0.29) is 17.5 Å². The molecular formula is C24H40N4O3. The van der Waals surface area contributed by atoms with Crippen molar-refractivity contribution < 1.29 is 9.53 Å². The van der Waals surface area contributed by atoms with E-state index in [4.69, 9.17) is 9.84 Å². The van der Waals surface area contributed by atoms with Gasteiger partial charge in [0.25, 0.3) is 0 Å². The van der Waals surface area contributed by atoms with Crippen LogP contribution in [0, 0.1) is 11.8 Å². The number of hydrogen-bond acceptors (Lipinski definition) is 4. The van der Waals surface area contributed by atoms with Crippen molar-refractivity contribution in [2.45, 2.75) is 96.1 Å². The first kappa shape index (κ1) is 22.6. The summed E-state index contributed by atoms with van der Waals surface area (Å²) in [6.07, 6.45) is 12.5. The standard InChI is InChI=1S/C24H40N4O3/c1-3-4-6-18-8-10-19(11-9-18)23(29)26-14-5-7-20(17-26)22-25-27(15-16-31-2)24(30)28(22)21-12-13-21/h18-21H,3-17H2,1-2H3. The molecular weight excluding hydrogens is 392 g/mol. The van der Waals surface area contributed by atoms with Gasteiger partial charge >= 0.3 is 5.69 Å². The van der Waals surface area contributed by atoms with E-state index < -0.39 is 0 Å². The molecule has 3 aliphatic rings. The van der Waals surface area contributed by atoms with Crippen molar-refractivity contribution >= 4 is 5.91 Å². The van der Waals surface area contributed by atoms with Crippen molar-refractivity contribution in [3.8, 4) is 0 Å². The molecule has 7 nitrogen and oxygen atoms in total. The van der Waals surface area contributed by atoms with Crippen LogP contribution in [0.25, 0.3) is 0 Å². The van der Waals surface area contributed by atoms with Gasteiger partial charge in [-0.25, -0.2) is 9.48 Å². The first-order chi connectivity index (χ1) is 15.1. The SMILES string of the molecule is CCCCC1CCC(C(=O)N2CCCC(c3nn(CCOC)c(=O)n3C3CC3)C2)CC1. The van der Waals surface area contributed by atoms with Crippen molar-refractivity contribution in [2.75, 3.05) is 26.8 Å². The summed E-state index contributed by atoms with van der Waals surface area (Å²) >= 11 is 0. The summed E-state index contributed by atoms with van der Waals surface area (Å²) in [5.74, 6) is 2.42. The van der Waals surface area contributed by atoms with Crippen LogP contribution >= 0.6 is 0 Å². The predicted molar refractivity (Wildman–Crippen MR) is 120 cm³/mol. The Hall–Kier alpha value is -1.63. The van der Waals surface area contributed by atoms with Crippen LogP contribution in [0.2, 0.25) is 0 Å². The van der Waals surface area contributed by atoms with Crippen LogP contribution in [-0.2, 0) is 16.1 Å². The highest BCUT2D eigenvalue weighted by molar-refractivity contribution is 5.79. The van der Waals surface area contributed by atoms with E-state index in [1.54, 1.807) is 11.8 Å². The maximum Gasteiger partial charge on any atom is 0.346 e. The fraction of sp³-hybridized carbons (Fsp3) is 0.875. The van der Waals surface area contributed by atoms with Crippen LogP contribution in [0.3, 0.4) is 0 Å². The molecule has 0 spiro atoms. The minimum atomic E-state index is -0.0107. The highest BCUT2D eigenvalue weighted by Gasteiger charge is 2.37. The summed E-state index contributed by atoms with van der Waals surface area (Å²) in [4.78, 5) is 28.3. The molecule has 1 aliphatic heterocycles. The average Bonchev–Trinajstić information content (AvgIpc) is 3.59. The van der Waals surface area contributed by atoms with E-state index in [1.165, 1.54) is 32.1 Å². The molecule has 1 atom stereocenters. The molecule has 2 aliphatic carbocycles. The zero-order valence-corrected chi connectivity index (χ0v) is 19.4. The van der Waals surface area contributed by atoms with Crippen molar-refractivity contribution in [2.24, 2.45) is 11.8 Å². The molecule has 7 heteroatoms. The first-order valence-electron chi connectivity index (χ1n) is 12.6. The Morgan fingerprint density at radius 3 is 2.58 bits per heavy atom. The highest BCUT2D eigenvalue weighted by Crippen LogP contribution is 2.38. The van der Waals surface area contributed by atoms with E-state index in [0.717, 1.165) is 56.8 Å². The largest absolute Gasteiger partial charge is 0.383 e. The molecule has 31 heavy (non-hydrogen) atoms. The summed E-state index contributed by atoms with van der Waals surface area (Å²) < 4.78 is 8.64. The van der Waals surface area contributed by atoms with Gasteiger partial charge in [0.15, 0.2) is 0 Å². The Morgan fingerprint density at radius 1 is 1.13 bits per heavy atom. The number of carbonyl (C=O) groups is 1. The lowest BCUT2D eigenvalue weighted by Crippen LogP contribution is -2.43. The summed E-state index contributed by atoms with van der Waals surface area (Å²) in [6.45, 7) is 4.78. The first-order valence-corrected chi connectivity index (χ1v) is 12.6. The number of hydrogen-bond donors (Lipinski definition) is 0. The molecule has 2 heterocycles. The lowest BCUT2D eigenvalue weighted by Gasteiger charge is -2.36. The summed E-state index contributed by atoms with van der Waals surface area (Å²) in [5.41, 5.74) is -0.0107. The fourth-order valence-electron chi connectivity index (χ4n) is 5.55. The minimum Gasteiger partial charge on any atom is -0.383 e. The number of aromatic nitrogens is 3. The number of rotatable bonds is 9. The number of ether oxygens (including phenoxy) is 1. The third-order valence-corrected chi connectivity index (χ3v) is 7.58. The lowest BCUT2D eigenvalue weighted by atomic mass is 9.79. The summed E-state index contributed by atoms with van der Waals surface area (Å²) in [6, 6.07) is 0.295. The zero-order valence-electron chi connectivity index (χ0n) is 19.4. The lowest BCUT2D eigenvalue weighted by molar-refractivity contribution is -0.138. The summed E-state index contributed by atoms with van der Waals surface area (Å²) in [5, 5.41) is 4.73. The number of likely N-dealkylation sites (tertiary alicyclic amines) is 1. The van der Waals surface area contributed by atoms with Gasteiger partial charge in [0.05, 0.1) is 13.2 Å². The maximum absolute atomic E-state index is 13.3. The van der Waals surface area contributed by atoms with Crippen LogP contribution in [0.15, 0.2) is 4.79 Å². The predicted octanol–water partition coefficient (Wildman–Crippen LogP) is 3.73. The van der Waals surface area contributed by atoms with E-state index >= 15 is 0 Å². The summed E-state index contributed by atoms with van der Waals surface area (Å²) in [7, 11) is 1.64. The molecule has 3 fully saturated rings. The Bertz CT molecular complexity index is 789. The van der Waals surface area contributed by atoms with Crippen LogP contribution < -0.4 is 5.69 Å². The number of unbranched alkanes of at least 4 members (excludes halogenated alkanes) is 1. The normalized spacial score (nSPS) is 26.9. The van der Waals surface area contributed by atoms with Gasteiger partial charge in [0, 0.05) is 38.1 Å². The number of carbonyl (C=O) groups excluding carboxylic acids is 1. The molecule has 2 saturated carbocycles. The van der Waals surface area contributed by atoms with Gasteiger partial charge < -0.3 is 9.64 Å². The van der Waals surface area contributed by atoms with Gasteiger partial charge in [-0.15, -0.1) is 0 Å². The van der Waals surface area contributed by atoms with Gasteiger partial charge in [-0.3, -0.25) is 9.36 Å². The number of piperidine rings is 1. The smallest absolute Gasteiger partial charge is 0.346 e. The Labute approximate surface area is 186 Å². The topological polar surface area (TPSA) is 69.4 Å². The van der Waals surface area contributed by atoms with Crippen LogP contribution in [0.5, 0.6) is 0 Å². The number of amides is 1. The van der Waals surface area contributed by atoms with Gasteiger partial charge in [0.1, 0.15) is 5.82 Å². The quantitative estimate of drug-likeness (QED) is 0.596. The highest BCUT2D eigenvalue weighted by atomic mass is 16.5. The van der Waals surface area contributed by atoms with E-state index in [2.05, 4.69) is 11.8 Å². The van der Waals surface area contributed by atoms with E-state index in [0.29, 0.717) is 31.6 Å². The zero-order chi connectivity index (χ0) is 21.8. The second-order valence-corrected chi connectivity index (χ2v) is 9.94. The molecule has 1 saturated heterocycles. The molecule has 1 aromatic heterocycles. The van der Waals surface area contributed by atoms with Crippen molar-refractivity contribution in [3.05, 3.63) is 16.3 Å². The molecule has 1 unspecified atom stereocenters. The maximum atomic E-state index is 13.3. The van der Waals surface area contributed by atoms with Gasteiger partial charge in [-0.2, -0.15) is 5.10 Å². The van der Waals surface area contributed by atoms with Crippen LogP contribution in [0.4, 0.5) is 0 Å². The molecule has 1 aromatic rings. The number of methoxy groups -OCH3 is 1. The number of nitrogens with zero attached hydrogens (tertiary/aromatic N) is 4. The van der Waals surface area contributed by atoms with Crippen molar-refractivity contribution in [3.63, 3.8) is 0 Å². The average molecular weight is 433 g/mol. The molecule has 0 radical (unpaired) electrons. The molecule has 0 N–H and O–H groups in total. The van der Waals surface area contributed by atoms with Gasteiger partial charge in [-0.05, 0) is 57.3 Å². The third kappa shape index (κ3) is 5.24. The van der Waals surface area contributed by atoms with Crippen LogP contribution in [-0.4, -0.2) is 52.0 Å². The second kappa shape index (κ2) is 10.3. The minimum absolute atomic E-state index is 0.0107. The van der Waals surface area contributed by atoms with Crippen LogP contribution in [0.1, 0.15) is 95.3 Å². The third-order valence-electron chi connectivity index (χ3n) is 7.58. The Kier molecular flexibility index (Phi) is 7.51. The molecule has 4 rings (SSSR count). The van der Waals surface area contributed by atoms with Gasteiger partial charge in [-0.1, -0.05) is 26.2 Å². The second-order valence-electron chi connectivity index (χ2n) is 9.94. The molecule has 1 amide bonds. The monoisotopic (exact) mass is 432 g/mol. The Morgan fingerprint density at radius 2 is 1.90 bits per heavy atom. The molecule has 174 valence electrons. The molecule has 0 bridgehead atoms. The Balaban J connectivity index is 1.41. The molecule has 0 aromatic carbocycles. The van der Waals surface area contributed by atoms with E-state index in [9.17, 15) is 9.59 Å². The van der Waals surface area contributed by atoms with Crippen molar-refractivity contribution in [1.82, 2.24) is 19.2 Å². The van der Waals surface area contributed by atoms with Crippen molar-refractivity contribution in [1.29, 1.82) is 0 Å². The fourth-order valence-corrected chi connectivity index (χ4v) is 5.55. The van der Waals surface area contributed by atoms with E-state index in [1.807, 2.05) is 4.57 Å². The van der Waals surface area contributed by atoms with Gasteiger partial charge in [0.2, 0.25) is 5.91 Å².